The Morgan fingerprint density at radius 3 is 2.74 bits per heavy atom. The molecule has 4 heterocycles. The molecule has 0 amide bonds. The fourth-order valence-electron chi connectivity index (χ4n) is 4.14. The number of ether oxygens (including phenoxy) is 1. The average Bonchev–Trinajstić information content (AvgIpc) is 3.16. The number of aromatic nitrogens is 2. The summed E-state index contributed by atoms with van der Waals surface area (Å²) in [5.41, 5.74) is 0.474. The Balaban J connectivity index is 1.25. The second kappa shape index (κ2) is 6.63. The topological polar surface area (TPSA) is 53.5 Å². The van der Waals surface area contributed by atoms with Gasteiger partial charge < -0.3 is 15.0 Å². The lowest BCUT2D eigenvalue weighted by molar-refractivity contribution is 0.0600. The van der Waals surface area contributed by atoms with Crippen molar-refractivity contribution in [2.75, 3.05) is 57.3 Å². The summed E-state index contributed by atoms with van der Waals surface area (Å²) in [6.07, 6.45) is 4.26. The first-order chi connectivity index (χ1) is 11.2. The fraction of sp³-hybridized carbons (Fsp3) is 0.875. The predicted molar refractivity (Wildman–Crippen MR) is 92.2 cm³/mol. The summed E-state index contributed by atoms with van der Waals surface area (Å²) in [5.74, 6) is 0.888. The molecule has 128 valence electrons. The van der Waals surface area contributed by atoms with Crippen LogP contribution in [0.5, 0.6) is 0 Å². The molecule has 1 atom stereocenters. The van der Waals surface area contributed by atoms with Crippen molar-refractivity contribution in [2.45, 2.75) is 32.3 Å². The number of piperazine rings is 1. The fourth-order valence-corrected chi connectivity index (χ4v) is 4.87. The van der Waals surface area contributed by atoms with E-state index in [0.29, 0.717) is 11.5 Å². The van der Waals surface area contributed by atoms with Gasteiger partial charge in [-0.15, -0.1) is 0 Å². The molecule has 0 bridgehead atoms. The van der Waals surface area contributed by atoms with Crippen LogP contribution in [0.3, 0.4) is 0 Å². The van der Waals surface area contributed by atoms with Gasteiger partial charge in [-0.2, -0.15) is 4.37 Å². The minimum absolute atomic E-state index is 0.434. The van der Waals surface area contributed by atoms with Crippen LogP contribution in [-0.4, -0.2) is 72.8 Å². The first kappa shape index (κ1) is 15.7. The van der Waals surface area contributed by atoms with E-state index < -0.39 is 0 Å². The highest BCUT2D eigenvalue weighted by Gasteiger charge is 2.41. The van der Waals surface area contributed by atoms with E-state index in [9.17, 15) is 0 Å². The highest BCUT2D eigenvalue weighted by molar-refractivity contribution is 7.09. The normalized spacial score (nSPS) is 28.6. The summed E-state index contributed by atoms with van der Waals surface area (Å²) in [6, 6.07) is 0. The third kappa shape index (κ3) is 3.52. The highest BCUT2D eigenvalue weighted by Crippen LogP contribution is 2.40. The van der Waals surface area contributed by atoms with E-state index in [4.69, 9.17) is 4.74 Å². The van der Waals surface area contributed by atoms with Crippen LogP contribution in [0.1, 0.15) is 25.1 Å². The molecule has 1 spiro atoms. The van der Waals surface area contributed by atoms with Crippen molar-refractivity contribution in [3.8, 4) is 0 Å². The van der Waals surface area contributed by atoms with E-state index in [1.165, 1.54) is 30.8 Å². The quantitative estimate of drug-likeness (QED) is 0.892. The smallest absolute Gasteiger partial charge is 0.205 e. The van der Waals surface area contributed by atoms with Crippen LogP contribution < -0.4 is 10.2 Å². The molecule has 7 heteroatoms. The molecule has 0 aromatic carbocycles. The van der Waals surface area contributed by atoms with Crippen molar-refractivity contribution in [1.29, 1.82) is 0 Å². The first-order valence-electron chi connectivity index (χ1n) is 8.82. The van der Waals surface area contributed by atoms with E-state index in [2.05, 4.69) is 24.5 Å². The third-order valence-corrected chi connectivity index (χ3v) is 6.44. The standard InChI is InChI=1S/C16H27N5OS/c1-13-18-15(23-19-13)21-8-6-20(7-9-21)11-14-10-16(12-22-14)2-4-17-5-3-16/h14,17H,2-12H2,1H3. The number of rotatable bonds is 3. The third-order valence-electron chi connectivity index (χ3n) is 5.57. The maximum Gasteiger partial charge on any atom is 0.205 e. The van der Waals surface area contributed by atoms with Gasteiger partial charge in [-0.1, -0.05) is 0 Å². The Morgan fingerprint density at radius 2 is 2.04 bits per heavy atom. The minimum Gasteiger partial charge on any atom is -0.376 e. The Bertz CT molecular complexity index is 522. The number of nitrogens with one attached hydrogen (secondary N) is 1. The molecule has 3 aliphatic rings. The second-order valence-electron chi connectivity index (χ2n) is 7.30. The second-order valence-corrected chi connectivity index (χ2v) is 8.03. The number of nitrogens with zero attached hydrogens (tertiary/aromatic N) is 4. The number of aryl methyl sites for hydroxylation is 1. The number of anilines is 1. The molecule has 0 radical (unpaired) electrons. The van der Waals surface area contributed by atoms with Gasteiger partial charge in [-0.3, -0.25) is 4.90 Å². The molecule has 1 N–H and O–H groups in total. The summed E-state index contributed by atoms with van der Waals surface area (Å²) in [5, 5.41) is 4.55. The van der Waals surface area contributed by atoms with Crippen LogP contribution in [-0.2, 0) is 4.74 Å². The average molecular weight is 337 g/mol. The van der Waals surface area contributed by atoms with Gasteiger partial charge in [-0.05, 0) is 44.7 Å². The van der Waals surface area contributed by atoms with Gasteiger partial charge in [0.05, 0.1) is 12.7 Å². The van der Waals surface area contributed by atoms with Crippen LogP contribution in [0.4, 0.5) is 5.13 Å². The Morgan fingerprint density at radius 1 is 1.26 bits per heavy atom. The van der Waals surface area contributed by atoms with Crippen LogP contribution in [0.25, 0.3) is 0 Å². The minimum atomic E-state index is 0.434. The molecule has 3 fully saturated rings. The van der Waals surface area contributed by atoms with Crippen molar-refractivity contribution in [3.63, 3.8) is 0 Å². The van der Waals surface area contributed by atoms with Crippen molar-refractivity contribution < 1.29 is 4.74 Å². The molecule has 0 aliphatic carbocycles. The summed E-state index contributed by atoms with van der Waals surface area (Å²) in [6.45, 7) is 10.7. The van der Waals surface area contributed by atoms with Gasteiger partial charge in [-0.25, -0.2) is 4.98 Å². The van der Waals surface area contributed by atoms with Gasteiger partial charge in [0.15, 0.2) is 0 Å². The number of piperidine rings is 1. The van der Waals surface area contributed by atoms with Gasteiger partial charge in [0.25, 0.3) is 0 Å². The van der Waals surface area contributed by atoms with Crippen molar-refractivity contribution in [1.82, 2.24) is 19.6 Å². The summed E-state index contributed by atoms with van der Waals surface area (Å²) < 4.78 is 10.5. The maximum atomic E-state index is 6.16. The maximum absolute atomic E-state index is 6.16. The van der Waals surface area contributed by atoms with Crippen LogP contribution >= 0.6 is 11.5 Å². The molecular formula is C16H27N5OS. The monoisotopic (exact) mass is 337 g/mol. The summed E-state index contributed by atoms with van der Waals surface area (Å²) in [4.78, 5) is 9.43. The molecule has 1 unspecified atom stereocenters. The predicted octanol–water partition coefficient (Wildman–Crippen LogP) is 1.13. The molecule has 1 aromatic heterocycles. The summed E-state index contributed by atoms with van der Waals surface area (Å²) in [7, 11) is 0. The van der Waals surface area contributed by atoms with Gasteiger partial charge in [0.2, 0.25) is 5.13 Å². The van der Waals surface area contributed by atoms with Crippen molar-refractivity contribution in [3.05, 3.63) is 5.82 Å². The Hall–Kier alpha value is -0.760. The van der Waals surface area contributed by atoms with Crippen molar-refractivity contribution >= 4 is 16.7 Å². The molecule has 6 nitrogen and oxygen atoms in total. The van der Waals surface area contributed by atoms with Gasteiger partial charge in [0.1, 0.15) is 5.82 Å². The lowest BCUT2D eigenvalue weighted by atomic mass is 9.77. The van der Waals surface area contributed by atoms with E-state index in [-0.39, 0.29) is 0 Å². The lowest BCUT2D eigenvalue weighted by Gasteiger charge is -2.36. The largest absolute Gasteiger partial charge is 0.376 e. The van der Waals surface area contributed by atoms with Crippen LogP contribution in [0.15, 0.2) is 0 Å². The summed E-state index contributed by atoms with van der Waals surface area (Å²) >= 11 is 1.52. The van der Waals surface area contributed by atoms with Crippen molar-refractivity contribution in [2.24, 2.45) is 5.41 Å². The zero-order chi connectivity index (χ0) is 15.7. The SMILES string of the molecule is Cc1nsc(N2CCN(CC3CC4(CCNCC4)CO3)CC2)n1. The Kier molecular flexibility index (Phi) is 4.54. The van der Waals surface area contributed by atoms with E-state index >= 15 is 0 Å². The van der Waals surface area contributed by atoms with Gasteiger partial charge in [0, 0.05) is 44.3 Å². The lowest BCUT2D eigenvalue weighted by Crippen LogP contribution is -2.48. The van der Waals surface area contributed by atoms with E-state index in [1.54, 1.807) is 0 Å². The molecular weight excluding hydrogens is 310 g/mol. The first-order valence-corrected chi connectivity index (χ1v) is 9.60. The zero-order valence-electron chi connectivity index (χ0n) is 14.0. The molecule has 4 rings (SSSR count). The highest BCUT2D eigenvalue weighted by atomic mass is 32.1. The molecule has 1 aromatic rings. The van der Waals surface area contributed by atoms with Gasteiger partial charge >= 0.3 is 0 Å². The Labute approximate surface area is 142 Å². The molecule has 0 saturated carbocycles. The van der Waals surface area contributed by atoms with E-state index in [1.807, 2.05) is 6.92 Å². The number of hydrogen-bond donors (Lipinski definition) is 1. The van der Waals surface area contributed by atoms with Crippen LogP contribution in [0, 0.1) is 12.3 Å². The van der Waals surface area contributed by atoms with E-state index in [0.717, 1.165) is 63.4 Å². The zero-order valence-corrected chi connectivity index (χ0v) is 14.8. The number of hydrogen-bond acceptors (Lipinski definition) is 7. The molecule has 3 aliphatic heterocycles. The van der Waals surface area contributed by atoms with Crippen LogP contribution in [0.2, 0.25) is 0 Å². The molecule has 23 heavy (non-hydrogen) atoms. The molecule has 3 saturated heterocycles.